The van der Waals surface area contributed by atoms with Gasteiger partial charge < -0.3 is 4.90 Å². The summed E-state index contributed by atoms with van der Waals surface area (Å²) in [5.74, 6) is -0.303. The third-order valence-corrected chi connectivity index (χ3v) is 8.24. The highest BCUT2D eigenvalue weighted by atomic mass is 35.5. The third-order valence-electron chi connectivity index (χ3n) is 4.47. The van der Waals surface area contributed by atoms with Crippen LogP contribution in [0.3, 0.4) is 0 Å². The van der Waals surface area contributed by atoms with Crippen LogP contribution in [0.25, 0.3) is 0 Å². The van der Waals surface area contributed by atoms with Crippen LogP contribution >= 0.6 is 35.0 Å². The van der Waals surface area contributed by atoms with Crippen molar-refractivity contribution in [2.75, 3.05) is 16.4 Å². The van der Waals surface area contributed by atoms with E-state index in [1.807, 2.05) is 13.8 Å². The lowest BCUT2D eigenvalue weighted by Crippen LogP contribution is -2.38. The minimum atomic E-state index is -3.12. The SMILES string of the molecule is CC[C@H](C)C(=O)N=C1S[C@@H]2CS(=O)(=O)C[C@@H]2N1c1cc(Cl)ccc1Cl. The average molecular weight is 421 g/mol. The highest BCUT2D eigenvalue weighted by Gasteiger charge is 2.49. The maximum absolute atomic E-state index is 12.3. The summed E-state index contributed by atoms with van der Waals surface area (Å²) in [5.41, 5.74) is 0.585. The molecule has 2 aliphatic heterocycles. The standard InChI is InChI=1S/C16H18Cl2N2O3S2/c1-3-9(2)15(21)19-16-20(12-6-10(17)4-5-11(12)18)13-7-25(22,23)8-14(13)24-16/h4-6,9,13-14H,3,7-8H2,1-2H3/t9-,13-,14+/m0/s1. The summed E-state index contributed by atoms with van der Waals surface area (Å²) in [6.45, 7) is 3.76. The molecular formula is C16H18Cl2N2O3S2. The molecule has 136 valence electrons. The number of halogens is 2. The van der Waals surface area contributed by atoms with Crippen molar-refractivity contribution in [1.29, 1.82) is 0 Å². The van der Waals surface area contributed by atoms with Gasteiger partial charge in [0, 0.05) is 16.2 Å². The Bertz CT molecular complexity index is 842. The first kappa shape index (κ1) is 19.0. The number of benzene rings is 1. The van der Waals surface area contributed by atoms with E-state index in [1.165, 1.54) is 11.8 Å². The number of rotatable bonds is 3. The van der Waals surface area contributed by atoms with Gasteiger partial charge in [-0.3, -0.25) is 4.79 Å². The molecular weight excluding hydrogens is 403 g/mol. The molecule has 2 fully saturated rings. The minimum absolute atomic E-state index is 0.0179. The molecule has 3 rings (SSSR count). The highest BCUT2D eigenvalue weighted by Crippen LogP contribution is 2.43. The molecule has 3 atom stereocenters. The molecule has 1 aromatic carbocycles. The van der Waals surface area contributed by atoms with Crippen LogP contribution in [0.4, 0.5) is 5.69 Å². The first-order valence-electron chi connectivity index (χ1n) is 7.95. The van der Waals surface area contributed by atoms with Crippen LogP contribution in [0.2, 0.25) is 10.0 Å². The van der Waals surface area contributed by atoms with Gasteiger partial charge in [0.25, 0.3) is 5.91 Å². The molecule has 0 spiro atoms. The second-order valence-electron chi connectivity index (χ2n) is 6.31. The van der Waals surface area contributed by atoms with E-state index in [1.54, 1.807) is 23.1 Å². The summed E-state index contributed by atoms with van der Waals surface area (Å²) < 4.78 is 24.1. The summed E-state index contributed by atoms with van der Waals surface area (Å²) in [4.78, 5) is 18.3. The average Bonchev–Trinajstić information content (AvgIpc) is 3.00. The van der Waals surface area contributed by atoms with E-state index in [9.17, 15) is 13.2 Å². The molecule has 0 N–H and O–H groups in total. The Balaban J connectivity index is 2.05. The number of amides is 1. The zero-order valence-electron chi connectivity index (χ0n) is 13.8. The molecule has 0 saturated carbocycles. The number of amidine groups is 1. The van der Waals surface area contributed by atoms with Crippen molar-refractivity contribution >= 4 is 61.6 Å². The first-order chi connectivity index (χ1) is 11.7. The molecule has 1 aromatic rings. The summed E-state index contributed by atoms with van der Waals surface area (Å²) in [7, 11) is -3.12. The molecule has 9 heteroatoms. The Labute approximate surface area is 161 Å². The zero-order chi connectivity index (χ0) is 18.4. The number of fused-ring (bicyclic) bond motifs is 1. The number of nitrogens with zero attached hydrogens (tertiary/aromatic N) is 2. The normalized spacial score (nSPS) is 27.5. The Morgan fingerprint density at radius 3 is 2.80 bits per heavy atom. The van der Waals surface area contributed by atoms with Crippen molar-refractivity contribution in [2.24, 2.45) is 10.9 Å². The fourth-order valence-electron chi connectivity index (χ4n) is 2.90. The van der Waals surface area contributed by atoms with Gasteiger partial charge >= 0.3 is 0 Å². The van der Waals surface area contributed by atoms with Crippen LogP contribution in [0.5, 0.6) is 0 Å². The number of anilines is 1. The lowest BCUT2D eigenvalue weighted by atomic mass is 10.1. The first-order valence-corrected chi connectivity index (χ1v) is 11.4. The van der Waals surface area contributed by atoms with Crippen molar-refractivity contribution in [2.45, 2.75) is 31.6 Å². The largest absolute Gasteiger partial charge is 0.314 e. The summed E-state index contributed by atoms with van der Waals surface area (Å²) >= 11 is 13.8. The van der Waals surface area contributed by atoms with Crippen molar-refractivity contribution in [1.82, 2.24) is 0 Å². The van der Waals surface area contributed by atoms with Crippen molar-refractivity contribution in [3.05, 3.63) is 28.2 Å². The predicted octanol–water partition coefficient (Wildman–Crippen LogP) is 3.64. The van der Waals surface area contributed by atoms with Gasteiger partial charge in [0.1, 0.15) is 0 Å². The van der Waals surface area contributed by atoms with E-state index in [4.69, 9.17) is 23.2 Å². The van der Waals surface area contributed by atoms with E-state index in [0.29, 0.717) is 27.3 Å². The van der Waals surface area contributed by atoms with Crippen molar-refractivity contribution in [3.63, 3.8) is 0 Å². The van der Waals surface area contributed by atoms with Crippen LogP contribution in [-0.2, 0) is 14.6 Å². The van der Waals surface area contributed by atoms with Gasteiger partial charge in [0.05, 0.1) is 28.3 Å². The number of aliphatic imine (C=N–C) groups is 1. The van der Waals surface area contributed by atoms with Gasteiger partial charge in [0.15, 0.2) is 15.0 Å². The maximum Gasteiger partial charge on any atom is 0.250 e. The predicted molar refractivity (Wildman–Crippen MR) is 105 cm³/mol. The molecule has 25 heavy (non-hydrogen) atoms. The summed E-state index contributed by atoms with van der Waals surface area (Å²) in [6, 6.07) is 4.71. The monoisotopic (exact) mass is 420 g/mol. The van der Waals surface area contributed by atoms with Gasteiger partial charge in [0.2, 0.25) is 0 Å². The molecule has 0 bridgehead atoms. The third kappa shape index (κ3) is 3.84. The number of carbonyl (C=O) groups excluding carboxylic acids is 1. The minimum Gasteiger partial charge on any atom is -0.314 e. The second-order valence-corrected chi connectivity index (χ2v) is 10.5. The Morgan fingerprint density at radius 2 is 2.12 bits per heavy atom. The Kier molecular flexibility index (Phi) is 5.40. The van der Waals surface area contributed by atoms with Crippen LogP contribution in [0.15, 0.2) is 23.2 Å². The summed E-state index contributed by atoms with van der Waals surface area (Å²) in [6.07, 6.45) is 0.694. The van der Waals surface area contributed by atoms with E-state index in [0.717, 1.165) is 0 Å². The molecule has 0 aromatic heterocycles. The fourth-order valence-corrected chi connectivity index (χ4v) is 7.18. The fraction of sp³-hybridized carbons (Fsp3) is 0.500. The number of sulfone groups is 1. The van der Waals surface area contributed by atoms with Gasteiger partial charge in [-0.25, -0.2) is 8.42 Å². The Hall–Kier alpha value is -0.760. The quantitative estimate of drug-likeness (QED) is 0.746. The van der Waals surface area contributed by atoms with Crippen LogP contribution in [-0.4, -0.2) is 42.3 Å². The number of thioether (sulfide) groups is 1. The molecule has 1 amide bonds. The summed E-state index contributed by atoms with van der Waals surface area (Å²) in [5, 5.41) is 1.27. The van der Waals surface area contributed by atoms with Crippen LogP contribution in [0.1, 0.15) is 20.3 Å². The maximum atomic E-state index is 12.3. The topological polar surface area (TPSA) is 66.8 Å². The molecule has 2 aliphatic rings. The number of hydrogen-bond donors (Lipinski definition) is 0. The Morgan fingerprint density at radius 1 is 1.40 bits per heavy atom. The second kappa shape index (κ2) is 7.10. The van der Waals surface area contributed by atoms with Gasteiger partial charge in [-0.15, -0.1) is 0 Å². The molecule has 0 aliphatic carbocycles. The van der Waals surface area contributed by atoms with Crippen molar-refractivity contribution < 1.29 is 13.2 Å². The zero-order valence-corrected chi connectivity index (χ0v) is 16.9. The molecule has 0 unspecified atom stereocenters. The number of carbonyl (C=O) groups is 1. The molecule has 5 nitrogen and oxygen atoms in total. The lowest BCUT2D eigenvalue weighted by molar-refractivity contribution is -0.121. The van der Waals surface area contributed by atoms with E-state index < -0.39 is 9.84 Å². The van der Waals surface area contributed by atoms with E-state index in [2.05, 4.69) is 4.99 Å². The highest BCUT2D eigenvalue weighted by molar-refractivity contribution is 8.16. The van der Waals surface area contributed by atoms with Gasteiger partial charge in [-0.05, 0) is 24.6 Å². The number of hydrogen-bond acceptors (Lipinski definition) is 4. The van der Waals surface area contributed by atoms with Gasteiger partial charge in [-0.2, -0.15) is 4.99 Å². The van der Waals surface area contributed by atoms with E-state index >= 15 is 0 Å². The van der Waals surface area contributed by atoms with Crippen molar-refractivity contribution in [3.8, 4) is 0 Å². The van der Waals surface area contributed by atoms with Crippen LogP contribution in [0, 0.1) is 5.92 Å². The smallest absolute Gasteiger partial charge is 0.250 e. The van der Waals surface area contributed by atoms with Gasteiger partial charge in [-0.1, -0.05) is 48.8 Å². The molecule has 0 radical (unpaired) electrons. The van der Waals surface area contributed by atoms with E-state index in [-0.39, 0.29) is 34.6 Å². The molecule has 2 saturated heterocycles. The lowest BCUT2D eigenvalue weighted by Gasteiger charge is -2.25. The molecule has 2 heterocycles. The van der Waals surface area contributed by atoms with Crippen LogP contribution < -0.4 is 4.90 Å².